The summed E-state index contributed by atoms with van der Waals surface area (Å²) >= 11 is 0. The standard InChI is InChI=1S/C31H35NO4/c1-4-5-6-7-8-9-10-13-18-32-25-15-12-11-14-22(25)23-20-27(35-3)31-28(29(23)32)30(33)24-19-21(34-2)16-17-26(24)36-31/h11-12,14-17,19-20H,4-10,13,18H2,1-3H3. The third-order valence-corrected chi connectivity index (χ3v) is 7.30. The molecule has 5 aromatic rings. The number of para-hydroxylation sites is 1. The van der Waals surface area contributed by atoms with Crippen molar-refractivity contribution in [1.82, 2.24) is 4.57 Å². The van der Waals surface area contributed by atoms with Crippen LogP contribution in [-0.2, 0) is 6.54 Å². The van der Waals surface area contributed by atoms with Crippen molar-refractivity contribution in [1.29, 1.82) is 0 Å². The van der Waals surface area contributed by atoms with Gasteiger partial charge in [-0.3, -0.25) is 4.79 Å². The SMILES string of the molecule is CCCCCCCCCCn1c2ccccc2c2cc(OC)c3oc4ccc(OC)cc4c(=O)c3c21. The molecule has 0 bridgehead atoms. The van der Waals surface area contributed by atoms with E-state index in [0.717, 1.165) is 34.8 Å². The molecule has 5 heteroatoms. The smallest absolute Gasteiger partial charge is 0.202 e. The Labute approximate surface area is 211 Å². The van der Waals surface area contributed by atoms with Crippen LogP contribution in [0.25, 0.3) is 43.7 Å². The lowest BCUT2D eigenvalue weighted by molar-refractivity contribution is 0.411. The van der Waals surface area contributed by atoms with Crippen molar-refractivity contribution >= 4 is 43.7 Å². The van der Waals surface area contributed by atoms with E-state index >= 15 is 0 Å². The fourth-order valence-electron chi connectivity index (χ4n) is 5.42. The van der Waals surface area contributed by atoms with E-state index in [1.807, 2.05) is 12.1 Å². The Kier molecular flexibility index (Phi) is 7.17. The van der Waals surface area contributed by atoms with E-state index < -0.39 is 0 Å². The number of aromatic nitrogens is 1. The highest BCUT2D eigenvalue weighted by atomic mass is 16.5. The van der Waals surface area contributed by atoms with Gasteiger partial charge in [0.25, 0.3) is 0 Å². The van der Waals surface area contributed by atoms with Crippen LogP contribution in [0.2, 0.25) is 0 Å². The molecule has 0 amide bonds. The predicted molar refractivity (Wildman–Crippen MR) is 149 cm³/mol. The van der Waals surface area contributed by atoms with Gasteiger partial charge in [-0.15, -0.1) is 0 Å². The zero-order valence-corrected chi connectivity index (χ0v) is 21.6. The molecular weight excluding hydrogens is 450 g/mol. The molecule has 36 heavy (non-hydrogen) atoms. The van der Waals surface area contributed by atoms with Crippen molar-refractivity contribution < 1.29 is 13.9 Å². The van der Waals surface area contributed by atoms with Crippen molar-refractivity contribution in [3.63, 3.8) is 0 Å². The third-order valence-electron chi connectivity index (χ3n) is 7.30. The van der Waals surface area contributed by atoms with Crippen LogP contribution in [0.1, 0.15) is 58.3 Å². The topological polar surface area (TPSA) is 53.6 Å². The van der Waals surface area contributed by atoms with Crippen molar-refractivity contribution in [2.45, 2.75) is 64.8 Å². The second-order valence-electron chi connectivity index (χ2n) is 9.62. The first-order valence-electron chi connectivity index (χ1n) is 13.2. The van der Waals surface area contributed by atoms with Gasteiger partial charge in [-0.1, -0.05) is 70.1 Å². The monoisotopic (exact) mass is 485 g/mol. The highest BCUT2D eigenvalue weighted by molar-refractivity contribution is 6.19. The Hall–Kier alpha value is -3.47. The van der Waals surface area contributed by atoms with Crippen molar-refractivity contribution in [3.8, 4) is 11.5 Å². The Morgan fingerprint density at radius 2 is 1.56 bits per heavy atom. The lowest BCUT2D eigenvalue weighted by Crippen LogP contribution is -2.07. The maximum atomic E-state index is 14.0. The summed E-state index contributed by atoms with van der Waals surface area (Å²) in [5.41, 5.74) is 3.02. The van der Waals surface area contributed by atoms with Gasteiger partial charge in [0.1, 0.15) is 11.3 Å². The maximum Gasteiger partial charge on any atom is 0.202 e. The quantitative estimate of drug-likeness (QED) is 0.140. The Morgan fingerprint density at radius 1 is 0.806 bits per heavy atom. The van der Waals surface area contributed by atoms with Crippen LogP contribution in [0.5, 0.6) is 11.5 Å². The number of hydrogen-bond acceptors (Lipinski definition) is 4. The van der Waals surface area contributed by atoms with Gasteiger partial charge in [0, 0.05) is 22.8 Å². The lowest BCUT2D eigenvalue weighted by atomic mass is 10.1. The van der Waals surface area contributed by atoms with Crippen molar-refractivity contribution in [3.05, 3.63) is 58.8 Å². The summed E-state index contributed by atoms with van der Waals surface area (Å²) in [7, 11) is 3.23. The molecule has 0 aliphatic rings. The van der Waals surface area contributed by atoms with Crippen LogP contribution in [0.15, 0.2) is 57.7 Å². The Bertz CT molecular complexity index is 1580. The summed E-state index contributed by atoms with van der Waals surface area (Å²) in [4.78, 5) is 14.0. The highest BCUT2D eigenvalue weighted by Crippen LogP contribution is 2.39. The molecule has 5 rings (SSSR count). The number of nitrogens with zero attached hydrogens (tertiary/aromatic N) is 1. The van der Waals surface area contributed by atoms with Gasteiger partial charge in [-0.2, -0.15) is 0 Å². The van der Waals surface area contributed by atoms with E-state index in [1.54, 1.807) is 32.4 Å². The van der Waals surface area contributed by atoms with E-state index in [1.165, 1.54) is 44.9 Å². The number of aryl methyl sites for hydroxylation is 1. The van der Waals surface area contributed by atoms with Crippen LogP contribution in [0, 0.1) is 0 Å². The number of methoxy groups -OCH3 is 2. The molecule has 0 aliphatic carbocycles. The summed E-state index contributed by atoms with van der Waals surface area (Å²) in [6.45, 7) is 3.11. The van der Waals surface area contributed by atoms with Crippen molar-refractivity contribution in [2.24, 2.45) is 0 Å². The van der Waals surface area contributed by atoms with Gasteiger partial charge < -0.3 is 18.5 Å². The van der Waals surface area contributed by atoms with E-state index in [9.17, 15) is 4.79 Å². The minimum absolute atomic E-state index is 0.0611. The van der Waals surface area contributed by atoms with Crippen LogP contribution >= 0.6 is 0 Å². The molecule has 0 N–H and O–H groups in total. The van der Waals surface area contributed by atoms with Gasteiger partial charge in [0.15, 0.2) is 11.3 Å². The molecule has 0 radical (unpaired) electrons. The highest BCUT2D eigenvalue weighted by Gasteiger charge is 2.21. The van der Waals surface area contributed by atoms with Crippen molar-refractivity contribution in [2.75, 3.05) is 14.2 Å². The normalized spacial score (nSPS) is 11.8. The zero-order valence-electron chi connectivity index (χ0n) is 21.6. The number of rotatable bonds is 11. The van der Waals surface area contributed by atoms with Crippen LogP contribution in [-0.4, -0.2) is 18.8 Å². The molecule has 188 valence electrons. The molecule has 0 saturated carbocycles. The molecule has 3 aromatic carbocycles. The fraction of sp³-hybridized carbons (Fsp3) is 0.387. The predicted octanol–water partition coefficient (Wildman–Crippen LogP) is 8.21. The first kappa shape index (κ1) is 24.2. The molecule has 0 aliphatic heterocycles. The molecule has 0 spiro atoms. The first-order chi connectivity index (χ1) is 17.7. The second-order valence-corrected chi connectivity index (χ2v) is 9.62. The van der Waals surface area contributed by atoms with E-state index in [0.29, 0.717) is 33.4 Å². The molecule has 0 unspecified atom stereocenters. The molecule has 2 aromatic heterocycles. The molecular formula is C31H35NO4. The molecule has 0 saturated heterocycles. The zero-order chi connectivity index (χ0) is 25.1. The number of benzene rings is 3. The summed E-state index contributed by atoms with van der Waals surface area (Å²) in [5.74, 6) is 1.20. The largest absolute Gasteiger partial charge is 0.497 e. The molecule has 5 nitrogen and oxygen atoms in total. The van der Waals surface area contributed by atoms with E-state index in [-0.39, 0.29) is 5.43 Å². The summed E-state index contributed by atoms with van der Waals surface area (Å²) in [5, 5.41) is 3.22. The number of fused-ring (bicyclic) bond motifs is 6. The first-order valence-corrected chi connectivity index (χ1v) is 13.2. The van der Waals surface area contributed by atoms with Gasteiger partial charge in [-0.05, 0) is 36.8 Å². The summed E-state index contributed by atoms with van der Waals surface area (Å²) in [6.07, 6.45) is 10.1. The van der Waals surface area contributed by atoms with E-state index in [4.69, 9.17) is 13.9 Å². The van der Waals surface area contributed by atoms with Crippen LogP contribution < -0.4 is 14.9 Å². The lowest BCUT2D eigenvalue weighted by Gasteiger charge is -2.12. The third kappa shape index (κ3) is 4.32. The second kappa shape index (κ2) is 10.7. The number of hydrogen-bond donors (Lipinski definition) is 0. The minimum Gasteiger partial charge on any atom is -0.497 e. The minimum atomic E-state index is -0.0611. The van der Waals surface area contributed by atoms with Gasteiger partial charge in [0.05, 0.1) is 30.5 Å². The number of ether oxygens (including phenoxy) is 2. The molecule has 0 fully saturated rings. The van der Waals surface area contributed by atoms with Gasteiger partial charge in [-0.25, -0.2) is 0 Å². The van der Waals surface area contributed by atoms with Crippen LogP contribution in [0.3, 0.4) is 0 Å². The fourth-order valence-corrected chi connectivity index (χ4v) is 5.42. The maximum absolute atomic E-state index is 14.0. The van der Waals surface area contributed by atoms with E-state index in [2.05, 4.69) is 29.7 Å². The summed E-state index contributed by atoms with van der Waals surface area (Å²) in [6, 6.07) is 15.7. The Balaban J connectivity index is 1.65. The average Bonchev–Trinajstić information content (AvgIpc) is 3.22. The summed E-state index contributed by atoms with van der Waals surface area (Å²) < 4.78 is 19.7. The molecule has 2 heterocycles. The van der Waals surface area contributed by atoms with Gasteiger partial charge >= 0.3 is 0 Å². The average molecular weight is 486 g/mol. The number of unbranched alkanes of at least 4 members (excludes halogenated alkanes) is 7. The Morgan fingerprint density at radius 3 is 2.31 bits per heavy atom. The van der Waals surface area contributed by atoms with Crippen LogP contribution in [0.4, 0.5) is 0 Å². The van der Waals surface area contributed by atoms with Gasteiger partial charge in [0.2, 0.25) is 5.43 Å². The molecule has 0 atom stereocenters.